The fourth-order valence-electron chi connectivity index (χ4n) is 1.00. The summed E-state index contributed by atoms with van der Waals surface area (Å²) in [5.74, 6) is 5.53. The van der Waals surface area contributed by atoms with Gasteiger partial charge >= 0.3 is 0 Å². The van der Waals surface area contributed by atoms with E-state index in [-0.39, 0.29) is 0 Å². The van der Waals surface area contributed by atoms with E-state index < -0.39 is 5.60 Å². The first-order valence-corrected chi connectivity index (χ1v) is 6.48. The molecule has 0 fully saturated rings. The Kier molecular flexibility index (Phi) is 6.20. The zero-order valence-electron chi connectivity index (χ0n) is 10.8. The third kappa shape index (κ3) is 8.09. The maximum atomic E-state index is 9.28. The molecule has 0 atom stereocenters. The fourth-order valence-corrected chi connectivity index (χ4v) is 1.27. The maximum absolute atomic E-state index is 9.28. The van der Waals surface area contributed by atoms with E-state index in [0.29, 0.717) is 0 Å². The molecule has 2 aromatic heterocycles. The summed E-state index contributed by atoms with van der Waals surface area (Å²) in [7, 11) is 0. The molecule has 98 valence electrons. The molecule has 0 radical (unpaired) electrons. The molecule has 19 heavy (non-hydrogen) atoms. The summed E-state index contributed by atoms with van der Waals surface area (Å²) in [6.45, 7) is 3.30. The highest BCUT2D eigenvalue weighted by atomic mass is 79.9. The van der Waals surface area contributed by atoms with Crippen LogP contribution in [0.25, 0.3) is 0 Å². The van der Waals surface area contributed by atoms with Crippen LogP contribution >= 0.6 is 15.9 Å². The predicted molar refractivity (Wildman–Crippen MR) is 79.3 cm³/mol. The van der Waals surface area contributed by atoms with Gasteiger partial charge in [-0.2, -0.15) is 0 Å². The van der Waals surface area contributed by atoms with Gasteiger partial charge in [-0.1, -0.05) is 11.8 Å². The Labute approximate surface area is 121 Å². The summed E-state index contributed by atoms with van der Waals surface area (Å²) in [5, 5.41) is 9.28. The molecule has 2 aromatic rings. The molecule has 4 heteroatoms. The smallest absolute Gasteiger partial charge is 0.120 e. The van der Waals surface area contributed by atoms with Crippen molar-refractivity contribution in [3.8, 4) is 11.8 Å². The van der Waals surface area contributed by atoms with Crippen LogP contribution in [0.4, 0.5) is 0 Å². The third-order valence-corrected chi connectivity index (χ3v) is 2.27. The minimum Gasteiger partial charge on any atom is -0.378 e. The van der Waals surface area contributed by atoms with Crippen molar-refractivity contribution in [2.75, 3.05) is 0 Å². The Morgan fingerprint density at radius 3 is 2.11 bits per heavy atom. The highest BCUT2D eigenvalue weighted by Crippen LogP contribution is 2.03. The van der Waals surface area contributed by atoms with E-state index in [1.54, 1.807) is 38.6 Å². The number of halogens is 1. The lowest BCUT2D eigenvalue weighted by molar-refractivity contribution is 0.143. The van der Waals surface area contributed by atoms with Gasteiger partial charge in [0.2, 0.25) is 0 Å². The van der Waals surface area contributed by atoms with E-state index in [1.165, 1.54) is 0 Å². The van der Waals surface area contributed by atoms with Crippen LogP contribution in [0.1, 0.15) is 19.4 Å². The minimum atomic E-state index is -0.935. The number of pyridine rings is 2. The van der Waals surface area contributed by atoms with E-state index >= 15 is 0 Å². The molecule has 0 unspecified atom stereocenters. The van der Waals surface area contributed by atoms with E-state index in [4.69, 9.17) is 0 Å². The van der Waals surface area contributed by atoms with Gasteiger partial charge in [0.25, 0.3) is 0 Å². The number of aromatic nitrogens is 2. The van der Waals surface area contributed by atoms with Gasteiger partial charge in [0.05, 0.1) is 0 Å². The van der Waals surface area contributed by atoms with E-state index in [0.717, 1.165) is 10.0 Å². The maximum Gasteiger partial charge on any atom is 0.120 e. The monoisotopic (exact) mass is 318 g/mol. The number of hydrogen-bond donors (Lipinski definition) is 1. The van der Waals surface area contributed by atoms with E-state index in [9.17, 15) is 5.11 Å². The molecule has 1 N–H and O–H groups in total. The largest absolute Gasteiger partial charge is 0.378 e. The first-order valence-electron chi connectivity index (χ1n) is 5.68. The van der Waals surface area contributed by atoms with Gasteiger partial charge in [-0.25, -0.2) is 0 Å². The molecule has 0 aromatic carbocycles. The van der Waals surface area contributed by atoms with Gasteiger partial charge in [0, 0.05) is 34.8 Å². The average molecular weight is 319 g/mol. The normalized spacial score (nSPS) is 9.68. The molecular weight excluding hydrogens is 304 g/mol. The Balaban J connectivity index is 0.000000218. The summed E-state index contributed by atoms with van der Waals surface area (Å²) in [6, 6.07) is 7.48. The highest BCUT2D eigenvalue weighted by molar-refractivity contribution is 9.10. The zero-order chi connectivity index (χ0) is 14.1. The van der Waals surface area contributed by atoms with Crippen LogP contribution in [0, 0.1) is 11.8 Å². The summed E-state index contributed by atoms with van der Waals surface area (Å²) >= 11 is 3.25. The molecule has 0 bridgehead atoms. The SMILES string of the molecule is Brc1cccnc1.CC(C)(O)C#Cc1cccnc1. The van der Waals surface area contributed by atoms with Crippen molar-refractivity contribution in [3.63, 3.8) is 0 Å². The molecule has 2 heterocycles. The second kappa shape index (κ2) is 7.67. The Hall–Kier alpha value is -1.70. The van der Waals surface area contributed by atoms with Crippen molar-refractivity contribution in [2.24, 2.45) is 0 Å². The summed E-state index contributed by atoms with van der Waals surface area (Å²) in [4.78, 5) is 7.74. The molecule has 0 aliphatic carbocycles. The van der Waals surface area contributed by atoms with Gasteiger partial charge in [-0.3, -0.25) is 9.97 Å². The summed E-state index contributed by atoms with van der Waals surface area (Å²) in [5.41, 5.74) is -0.116. The number of hydrogen-bond acceptors (Lipinski definition) is 3. The summed E-state index contributed by atoms with van der Waals surface area (Å²) < 4.78 is 1.02. The zero-order valence-corrected chi connectivity index (χ0v) is 12.4. The fraction of sp³-hybridized carbons (Fsp3) is 0.200. The molecular formula is C15H15BrN2O. The van der Waals surface area contributed by atoms with Gasteiger partial charge < -0.3 is 5.11 Å². The van der Waals surface area contributed by atoms with Gasteiger partial charge in [0.1, 0.15) is 5.60 Å². The highest BCUT2D eigenvalue weighted by Gasteiger charge is 2.05. The van der Waals surface area contributed by atoms with Gasteiger partial charge in [-0.15, -0.1) is 0 Å². The van der Waals surface area contributed by atoms with Crippen molar-refractivity contribution in [3.05, 3.63) is 59.1 Å². The molecule has 0 aliphatic rings. The Morgan fingerprint density at radius 2 is 1.74 bits per heavy atom. The van der Waals surface area contributed by atoms with Crippen LogP contribution in [0.15, 0.2) is 53.5 Å². The van der Waals surface area contributed by atoms with Crippen LogP contribution in [0.5, 0.6) is 0 Å². The van der Waals surface area contributed by atoms with Crippen molar-refractivity contribution in [1.82, 2.24) is 9.97 Å². The van der Waals surface area contributed by atoms with Crippen molar-refractivity contribution in [1.29, 1.82) is 0 Å². The van der Waals surface area contributed by atoms with Crippen LogP contribution in [-0.2, 0) is 0 Å². The quantitative estimate of drug-likeness (QED) is 0.759. The standard InChI is InChI=1S/C10H11NO.C5H4BrN/c1-10(2,12)6-5-9-4-3-7-11-8-9;6-5-2-1-3-7-4-5/h3-4,7-8,12H,1-2H3;1-4H. The number of rotatable bonds is 0. The topological polar surface area (TPSA) is 46.0 Å². The predicted octanol–water partition coefficient (Wildman–Crippen LogP) is 3.05. The van der Waals surface area contributed by atoms with E-state index in [2.05, 4.69) is 37.7 Å². The molecule has 3 nitrogen and oxygen atoms in total. The molecule has 0 saturated heterocycles. The van der Waals surface area contributed by atoms with Crippen LogP contribution in [0.2, 0.25) is 0 Å². The van der Waals surface area contributed by atoms with Crippen LogP contribution in [-0.4, -0.2) is 20.7 Å². The first-order chi connectivity index (χ1) is 8.97. The van der Waals surface area contributed by atoms with Crippen LogP contribution < -0.4 is 0 Å². The van der Waals surface area contributed by atoms with Gasteiger partial charge in [0.15, 0.2) is 0 Å². The lowest BCUT2D eigenvalue weighted by Crippen LogP contribution is -2.14. The number of nitrogens with zero attached hydrogens (tertiary/aromatic N) is 2. The molecule has 2 rings (SSSR count). The number of aliphatic hydroxyl groups is 1. The second-order valence-corrected chi connectivity index (χ2v) is 5.14. The van der Waals surface area contributed by atoms with Crippen LogP contribution in [0.3, 0.4) is 0 Å². The average Bonchev–Trinajstić information content (AvgIpc) is 2.39. The minimum absolute atomic E-state index is 0.819. The molecule has 0 aliphatic heterocycles. The third-order valence-electron chi connectivity index (χ3n) is 1.80. The molecule has 0 amide bonds. The van der Waals surface area contributed by atoms with E-state index in [1.807, 2.05) is 24.3 Å². The van der Waals surface area contributed by atoms with Crippen molar-refractivity contribution in [2.45, 2.75) is 19.4 Å². The lowest BCUT2D eigenvalue weighted by Gasteiger charge is -2.05. The first kappa shape index (κ1) is 15.4. The summed E-state index contributed by atoms with van der Waals surface area (Å²) in [6.07, 6.45) is 6.85. The van der Waals surface area contributed by atoms with Crippen molar-refractivity contribution < 1.29 is 5.11 Å². The second-order valence-electron chi connectivity index (χ2n) is 4.22. The lowest BCUT2D eigenvalue weighted by atomic mass is 10.1. The molecule has 0 spiro atoms. The Morgan fingerprint density at radius 1 is 1.11 bits per heavy atom. The molecule has 0 saturated carbocycles. The van der Waals surface area contributed by atoms with Gasteiger partial charge in [-0.05, 0) is 54.0 Å². The van der Waals surface area contributed by atoms with Crippen molar-refractivity contribution >= 4 is 15.9 Å². The Bertz CT molecular complexity index is 539.